The topological polar surface area (TPSA) is 69.6 Å². The van der Waals surface area contributed by atoms with Gasteiger partial charge in [-0.05, 0) is 31.0 Å². The highest BCUT2D eigenvalue weighted by molar-refractivity contribution is 6.31. The first-order valence-corrected chi connectivity index (χ1v) is 6.27. The Morgan fingerprint density at radius 1 is 1.39 bits per heavy atom. The Morgan fingerprint density at radius 3 is 2.44 bits per heavy atom. The number of carboxylic acids is 1. The maximum atomic E-state index is 11.2. The Kier molecular flexibility index (Phi) is 4.99. The lowest BCUT2D eigenvalue weighted by Crippen LogP contribution is -2.41. The van der Waals surface area contributed by atoms with Gasteiger partial charge in [0.1, 0.15) is 0 Å². The molecule has 0 aromatic heterocycles. The molecule has 100 valence electrons. The third kappa shape index (κ3) is 3.15. The quantitative estimate of drug-likeness (QED) is 0.744. The van der Waals surface area contributed by atoms with Crippen LogP contribution >= 0.6 is 11.6 Å². The van der Waals surface area contributed by atoms with Crippen molar-refractivity contribution in [3.63, 3.8) is 0 Å². The SMILES string of the molecule is CCC(CC)(CO)Nc1ccc(Cl)cc1C(=O)O. The van der Waals surface area contributed by atoms with E-state index in [0.29, 0.717) is 23.6 Å². The van der Waals surface area contributed by atoms with Crippen LogP contribution in [0.15, 0.2) is 18.2 Å². The van der Waals surface area contributed by atoms with Gasteiger partial charge in [-0.1, -0.05) is 25.4 Å². The number of benzene rings is 1. The van der Waals surface area contributed by atoms with E-state index in [2.05, 4.69) is 5.32 Å². The van der Waals surface area contributed by atoms with Crippen LogP contribution < -0.4 is 5.32 Å². The molecular weight excluding hydrogens is 254 g/mol. The lowest BCUT2D eigenvalue weighted by Gasteiger charge is -2.32. The molecule has 5 heteroatoms. The van der Waals surface area contributed by atoms with Crippen molar-refractivity contribution in [2.45, 2.75) is 32.2 Å². The van der Waals surface area contributed by atoms with Crippen LogP contribution in [-0.4, -0.2) is 28.3 Å². The zero-order valence-electron chi connectivity index (χ0n) is 10.5. The maximum absolute atomic E-state index is 11.2. The number of hydrogen-bond acceptors (Lipinski definition) is 3. The summed E-state index contributed by atoms with van der Waals surface area (Å²) in [4.78, 5) is 11.2. The average molecular weight is 272 g/mol. The molecule has 0 aliphatic heterocycles. The Morgan fingerprint density at radius 2 is 2.00 bits per heavy atom. The van der Waals surface area contributed by atoms with Crippen LogP contribution in [0.2, 0.25) is 5.02 Å². The van der Waals surface area contributed by atoms with E-state index in [1.165, 1.54) is 6.07 Å². The van der Waals surface area contributed by atoms with Gasteiger partial charge in [0.25, 0.3) is 0 Å². The molecule has 0 aliphatic carbocycles. The average Bonchev–Trinajstić information content (AvgIpc) is 2.37. The number of aliphatic hydroxyl groups excluding tert-OH is 1. The minimum atomic E-state index is -1.04. The maximum Gasteiger partial charge on any atom is 0.337 e. The molecule has 4 nitrogen and oxygen atoms in total. The summed E-state index contributed by atoms with van der Waals surface area (Å²) in [6.45, 7) is 3.84. The number of hydrogen-bond donors (Lipinski definition) is 3. The lowest BCUT2D eigenvalue weighted by molar-refractivity contribution is 0.0697. The van der Waals surface area contributed by atoms with Crippen LogP contribution in [0.5, 0.6) is 0 Å². The van der Waals surface area contributed by atoms with Crippen molar-refractivity contribution < 1.29 is 15.0 Å². The summed E-state index contributed by atoms with van der Waals surface area (Å²) in [6, 6.07) is 4.66. The molecular formula is C13H18ClNO3. The third-order valence-corrected chi connectivity index (χ3v) is 3.50. The zero-order chi connectivity index (χ0) is 13.8. The van der Waals surface area contributed by atoms with Crippen LogP contribution in [0.4, 0.5) is 5.69 Å². The van der Waals surface area contributed by atoms with Crippen molar-refractivity contribution in [2.75, 3.05) is 11.9 Å². The largest absolute Gasteiger partial charge is 0.478 e. The molecule has 1 aromatic rings. The number of aromatic carboxylic acids is 1. The number of nitrogens with one attached hydrogen (secondary N) is 1. The van der Waals surface area contributed by atoms with Crippen molar-refractivity contribution in [1.29, 1.82) is 0 Å². The van der Waals surface area contributed by atoms with Gasteiger partial charge < -0.3 is 15.5 Å². The van der Waals surface area contributed by atoms with E-state index >= 15 is 0 Å². The van der Waals surface area contributed by atoms with Crippen LogP contribution in [0.3, 0.4) is 0 Å². The first-order valence-electron chi connectivity index (χ1n) is 5.90. The summed E-state index contributed by atoms with van der Waals surface area (Å²) in [5.74, 6) is -1.04. The van der Waals surface area contributed by atoms with E-state index in [0.717, 1.165) is 0 Å². The number of aliphatic hydroxyl groups is 1. The molecule has 18 heavy (non-hydrogen) atoms. The Labute approximate surface area is 112 Å². The Bertz CT molecular complexity index is 422. The summed E-state index contributed by atoms with van der Waals surface area (Å²) in [6.07, 6.45) is 1.39. The second kappa shape index (κ2) is 6.07. The van der Waals surface area contributed by atoms with Gasteiger partial charge in [0.05, 0.1) is 17.7 Å². The first-order chi connectivity index (χ1) is 8.48. The van der Waals surface area contributed by atoms with Gasteiger partial charge in [-0.15, -0.1) is 0 Å². The Hall–Kier alpha value is -1.26. The summed E-state index contributed by atoms with van der Waals surface area (Å²) in [5, 5.41) is 22.1. The monoisotopic (exact) mass is 271 g/mol. The van der Waals surface area contributed by atoms with E-state index in [1.54, 1.807) is 12.1 Å². The normalized spacial score (nSPS) is 11.3. The first kappa shape index (κ1) is 14.8. The third-order valence-electron chi connectivity index (χ3n) is 3.27. The molecule has 0 radical (unpaired) electrons. The van der Waals surface area contributed by atoms with Gasteiger partial charge >= 0.3 is 5.97 Å². The van der Waals surface area contributed by atoms with E-state index in [1.807, 2.05) is 13.8 Å². The number of halogens is 1. The smallest absolute Gasteiger partial charge is 0.337 e. The summed E-state index contributed by atoms with van der Waals surface area (Å²) in [5.41, 5.74) is 0.0877. The molecule has 0 aliphatic rings. The number of carbonyl (C=O) groups is 1. The van der Waals surface area contributed by atoms with E-state index in [9.17, 15) is 9.90 Å². The van der Waals surface area contributed by atoms with E-state index < -0.39 is 11.5 Å². The molecule has 0 spiro atoms. The number of carboxylic acid groups (broad SMARTS) is 1. The predicted molar refractivity (Wildman–Crippen MR) is 72.4 cm³/mol. The van der Waals surface area contributed by atoms with Crippen LogP contribution in [0.1, 0.15) is 37.0 Å². The second-order valence-corrected chi connectivity index (χ2v) is 4.70. The standard InChI is InChI=1S/C13H18ClNO3/c1-3-13(4-2,8-16)15-11-6-5-9(14)7-10(11)12(17)18/h5-7,15-16H,3-4,8H2,1-2H3,(H,17,18). The van der Waals surface area contributed by atoms with E-state index in [4.69, 9.17) is 16.7 Å². The predicted octanol–water partition coefficient (Wildman–Crippen LogP) is 3.00. The van der Waals surface area contributed by atoms with Gasteiger partial charge in [-0.3, -0.25) is 0 Å². The molecule has 3 N–H and O–H groups in total. The molecule has 0 saturated heterocycles. The molecule has 0 amide bonds. The number of anilines is 1. The zero-order valence-corrected chi connectivity index (χ0v) is 11.3. The molecule has 0 saturated carbocycles. The van der Waals surface area contributed by atoms with Gasteiger partial charge in [0, 0.05) is 10.7 Å². The van der Waals surface area contributed by atoms with Crippen LogP contribution in [0.25, 0.3) is 0 Å². The summed E-state index contributed by atoms with van der Waals surface area (Å²) in [7, 11) is 0. The summed E-state index contributed by atoms with van der Waals surface area (Å²) >= 11 is 5.79. The molecule has 0 fully saturated rings. The van der Waals surface area contributed by atoms with Crippen LogP contribution in [-0.2, 0) is 0 Å². The lowest BCUT2D eigenvalue weighted by atomic mass is 9.93. The number of rotatable bonds is 6. The van der Waals surface area contributed by atoms with Gasteiger partial charge in [0.2, 0.25) is 0 Å². The molecule has 1 rings (SSSR count). The second-order valence-electron chi connectivity index (χ2n) is 4.27. The van der Waals surface area contributed by atoms with Crippen molar-refractivity contribution in [2.24, 2.45) is 0 Å². The molecule has 0 bridgehead atoms. The fraction of sp³-hybridized carbons (Fsp3) is 0.462. The van der Waals surface area contributed by atoms with Crippen molar-refractivity contribution in [3.05, 3.63) is 28.8 Å². The van der Waals surface area contributed by atoms with E-state index in [-0.39, 0.29) is 12.2 Å². The van der Waals surface area contributed by atoms with Crippen molar-refractivity contribution in [3.8, 4) is 0 Å². The van der Waals surface area contributed by atoms with Gasteiger partial charge in [-0.25, -0.2) is 4.79 Å². The van der Waals surface area contributed by atoms with Gasteiger partial charge in [-0.2, -0.15) is 0 Å². The minimum absolute atomic E-state index is 0.0539. The molecule has 0 atom stereocenters. The fourth-order valence-electron chi connectivity index (χ4n) is 1.78. The highest BCUT2D eigenvalue weighted by atomic mass is 35.5. The van der Waals surface area contributed by atoms with Crippen molar-refractivity contribution >= 4 is 23.3 Å². The molecule has 0 unspecified atom stereocenters. The van der Waals surface area contributed by atoms with Crippen LogP contribution in [0, 0.1) is 0 Å². The highest BCUT2D eigenvalue weighted by Crippen LogP contribution is 2.27. The highest BCUT2D eigenvalue weighted by Gasteiger charge is 2.26. The molecule has 0 heterocycles. The minimum Gasteiger partial charge on any atom is -0.478 e. The van der Waals surface area contributed by atoms with Gasteiger partial charge in [0.15, 0.2) is 0 Å². The van der Waals surface area contributed by atoms with Crippen molar-refractivity contribution in [1.82, 2.24) is 0 Å². The Balaban J connectivity index is 3.13. The fourth-order valence-corrected chi connectivity index (χ4v) is 1.95. The summed E-state index contributed by atoms with van der Waals surface area (Å²) < 4.78 is 0. The molecule has 1 aromatic carbocycles.